The van der Waals surface area contributed by atoms with Gasteiger partial charge in [0.15, 0.2) is 0 Å². The van der Waals surface area contributed by atoms with Crippen molar-refractivity contribution in [2.24, 2.45) is 5.14 Å². The van der Waals surface area contributed by atoms with E-state index in [9.17, 15) is 13.2 Å². The van der Waals surface area contributed by atoms with Gasteiger partial charge in [-0.1, -0.05) is 0 Å². The maximum Gasteiger partial charge on any atom is 0.252 e. The topological polar surface area (TPSA) is 116 Å². The van der Waals surface area contributed by atoms with Gasteiger partial charge < -0.3 is 14.6 Å². The lowest BCUT2D eigenvalue weighted by Gasteiger charge is -2.26. The van der Waals surface area contributed by atoms with Gasteiger partial charge >= 0.3 is 0 Å². The van der Waals surface area contributed by atoms with Gasteiger partial charge in [-0.3, -0.25) is 4.79 Å². The third-order valence-corrected chi connectivity index (χ3v) is 4.06. The zero-order valence-corrected chi connectivity index (χ0v) is 12.5. The van der Waals surface area contributed by atoms with Gasteiger partial charge in [0.05, 0.1) is 30.0 Å². The van der Waals surface area contributed by atoms with Gasteiger partial charge in [0.25, 0.3) is 5.91 Å². The number of primary sulfonamides is 1. The maximum atomic E-state index is 12.0. The van der Waals surface area contributed by atoms with Crippen LogP contribution in [-0.2, 0) is 21.3 Å². The summed E-state index contributed by atoms with van der Waals surface area (Å²) in [7, 11) is -3.74. The summed E-state index contributed by atoms with van der Waals surface area (Å²) in [5.41, 5.74) is 1.92. The van der Waals surface area contributed by atoms with Crippen LogP contribution < -0.4 is 10.5 Å². The van der Waals surface area contributed by atoms with Crippen molar-refractivity contribution in [2.45, 2.75) is 19.1 Å². The zero-order valence-electron chi connectivity index (χ0n) is 11.7. The van der Waals surface area contributed by atoms with E-state index in [-0.39, 0.29) is 6.10 Å². The maximum absolute atomic E-state index is 12.0. The third-order valence-electron chi connectivity index (χ3n) is 3.51. The SMILES string of the molecule is NS(=O)(=O)CNC(=O)c1ccc2ncn(CC3CCO3)c2c1. The van der Waals surface area contributed by atoms with Crippen LogP contribution in [0.5, 0.6) is 0 Å². The molecule has 0 spiro atoms. The van der Waals surface area contributed by atoms with Crippen LogP contribution in [0.3, 0.4) is 0 Å². The molecule has 3 N–H and O–H groups in total. The Bertz CT molecular complexity index is 811. The first kappa shape index (κ1) is 14.9. The first-order valence-electron chi connectivity index (χ1n) is 6.77. The lowest BCUT2D eigenvalue weighted by molar-refractivity contribution is -0.0586. The molecule has 1 atom stereocenters. The minimum Gasteiger partial charge on any atom is -0.376 e. The van der Waals surface area contributed by atoms with Crippen LogP contribution in [0.1, 0.15) is 16.8 Å². The highest BCUT2D eigenvalue weighted by atomic mass is 32.2. The van der Waals surface area contributed by atoms with Crippen LogP contribution in [-0.4, -0.2) is 42.5 Å². The van der Waals surface area contributed by atoms with Crippen LogP contribution in [0, 0.1) is 0 Å². The van der Waals surface area contributed by atoms with Gasteiger partial charge in [0.1, 0.15) is 5.88 Å². The number of imidazole rings is 1. The fourth-order valence-electron chi connectivity index (χ4n) is 2.26. The molecule has 0 saturated carbocycles. The summed E-state index contributed by atoms with van der Waals surface area (Å²) in [5.74, 6) is -1.09. The predicted molar refractivity (Wildman–Crippen MR) is 79.5 cm³/mol. The van der Waals surface area contributed by atoms with E-state index in [0.717, 1.165) is 24.1 Å². The molecule has 1 aromatic heterocycles. The Balaban J connectivity index is 1.81. The van der Waals surface area contributed by atoms with Crippen LogP contribution in [0.4, 0.5) is 0 Å². The highest BCUT2D eigenvalue weighted by molar-refractivity contribution is 7.89. The smallest absolute Gasteiger partial charge is 0.252 e. The lowest BCUT2D eigenvalue weighted by Crippen LogP contribution is -2.33. The number of fused-ring (bicyclic) bond motifs is 1. The summed E-state index contributed by atoms with van der Waals surface area (Å²) < 4.78 is 29.1. The summed E-state index contributed by atoms with van der Waals surface area (Å²) in [5, 5.41) is 7.14. The quantitative estimate of drug-likeness (QED) is 0.790. The fourth-order valence-corrected chi connectivity index (χ4v) is 2.59. The number of rotatable bonds is 5. The number of sulfonamides is 1. The van der Waals surface area contributed by atoms with Crippen LogP contribution in [0.2, 0.25) is 0 Å². The highest BCUT2D eigenvalue weighted by Crippen LogP contribution is 2.19. The zero-order chi connectivity index (χ0) is 15.7. The number of hydrogen-bond donors (Lipinski definition) is 2. The van der Waals surface area contributed by atoms with Crippen molar-refractivity contribution in [1.29, 1.82) is 0 Å². The van der Waals surface area contributed by atoms with Crippen LogP contribution in [0.15, 0.2) is 24.5 Å². The Morgan fingerprint density at radius 3 is 2.91 bits per heavy atom. The van der Waals surface area contributed by atoms with Gasteiger partial charge in [-0.2, -0.15) is 0 Å². The van der Waals surface area contributed by atoms with E-state index in [0.29, 0.717) is 12.1 Å². The second kappa shape index (κ2) is 5.67. The number of nitrogens with one attached hydrogen (secondary N) is 1. The molecule has 0 radical (unpaired) electrons. The minimum absolute atomic E-state index is 0.178. The molecule has 1 aliphatic rings. The third kappa shape index (κ3) is 3.26. The number of aromatic nitrogens is 2. The van der Waals surface area contributed by atoms with Gasteiger partial charge in [-0.15, -0.1) is 0 Å². The molecule has 22 heavy (non-hydrogen) atoms. The van der Waals surface area contributed by atoms with Crippen molar-refractivity contribution in [1.82, 2.24) is 14.9 Å². The highest BCUT2D eigenvalue weighted by Gasteiger charge is 2.19. The molecule has 0 bridgehead atoms. The van der Waals surface area contributed by atoms with E-state index in [1.54, 1.807) is 24.5 Å². The molecule has 8 nitrogen and oxygen atoms in total. The average molecular weight is 324 g/mol. The standard InChI is InChI=1S/C13H16N4O4S/c14-22(19,20)8-16-13(18)9-1-2-11-12(5-9)17(7-15-11)6-10-3-4-21-10/h1-2,5,7,10H,3-4,6,8H2,(H,16,18)(H2,14,19,20). The largest absolute Gasteiger partial charge is 0.376 e. The van der Waals surface area contributed by atoms with E-state index in [1.807, 2.05) is 4.57 Å². The molecule has 1 unspecified atom stereocenters. The first-order chi connectivity index (χ1) is 10.4. The Labute approximate surface area is 127 Å². The Morgan fingerprint density at radius 1 is 1.50 bits per heavy atom. The Kier molecular flexibility index (Phi) is 3.85. The van der Waals surface area contributed by atoms with Gasteiger partial charge in [-0.05, 0) is 24.6 Å². The number of ether oxygens (including phenoxy) is 1. The van der Waals surface area contributed by atoms with Crippen molar-refractivity contribution in [3.8, 4) is 0 Å². The van der Waals surface area contributed by atoms with Crippen molar-refractivity contribution < 1.29 is 17.9 Å². The number of amides is 1. The molecule has 118 valence electrons. The number of nitrogens with zero attached hydrogens (tertiary/aromatic N) is 2. The molecule has 2 heterocycles. The van der Waals surface area contributed by atoms with Crippen molar-refractivity contribution in [2.75, 3.05) is 12.5 Å². The molecule has 1 fully saturated rings. The van der Waals surface area contributed by atoms with E-state index >= 15 is 0 Å². The number of benzene rings is 1. The molecule has 1 aliphatic heterocycles. The Hall–Kier alpha value is -1.97. The molecular weight excluding hydrogens is 308 g/mol. The summed E-state index contributed by atoms with van der Waals surface area (Å²) in [4.78, 5) is 16.2. The lowest BCUT2D eigenvalue weighted by atomic mass is 10.1. The Morgan fingerprint density at radius 2 is 2.27 bits per heavy atom. The van der Waals surface area contributed by atoms with Crippen molar-refractivity contribution in [3.63, 3.8) is 0 Å². The molecule has 9 heteroatoms. The summed E-state index contributed by atoms with van der Waals surface area (Å²) in [6.07, 6.45) is 2.89. The van der Waals surface area contributed by atoms with E-state index < -0.39 is 21.8 Å². The molecule has 0 aliphatic carbocycles. The van der Waals surface area contributed by atoms with E-state index in [4.69, 9.17) is 9.88 Å². The molecule has 1 aromatic carbocycles. The fraction of sp³-hybridized carbons (Fsp3) is 0.385. The van der Waals surface area contributed by atoms with E-state index in [2.05, 4.69) is 10.3 Å². The van der Waals surface area contributed by atoms with Gasteiger partial charge in [-0.25, -0.2) is 18.5 Å². The van der Waals surface area contributed by atoms with Crippen molar-refractivity contribution >= 4 is 27.0 Å². The minimum atomic E-state index is -3.74. The molecule has 1 saturated heterocycles. The average Bonchev–Trinajstić information content (AvgIpc) is 2.81. The second-order valence-electron chi connectivity index (χ2n) is 5.19. The number of carbonyl (C=O) groups excluding carboxylic acids is 1. The predicted octanol–water partition coefficient (Wildman–Crippen LogP) is -0.199. The summed E-state index contributed by atoms with van der Waals surface area (Å²) >= 11 is 0. The number of nitrogens with two attached hydrogens (primary N) is 1. The molecule has 1 amide bonds. The number of hydrogen-bond acceptors (Lipinski definition) is 5. The molecule has 3 rings (SSSR count). The summed E-state index contributed by atoms with van der Waals surface area (Å²) in [6, 6.07) is 5.00. The van der Waals surface area contributed by atoms with Gasteiger partial charge in [0, 0.05) is 12.2 Å². The normalized spacial score (nSPS) is 18.1. The monoisotopic (exact) mass is 324 g/mol. The number of carbonyl (C=O) groups is 1. The first-order valence-corrected chi connectivity index (χ1v) is 8.49. The molecular formula is C13H16N4O4S. The van der Waals surface area contributed by atoms with E-state index in [1.165, 1.54) is 0 Å². The summed E-state index contributed by atoms with van der Waals surface area (Å²) in [6.45, 7) is 1.46. The van der Waals surface area contributed by atoms with Crippen LogP contribution >= 0.6 is 0 Å². The molecule has 2 aromatic rings. The second-order valence-corrected chi connectivity index (χ2v) is 6.81. The van der Waals surface area contributed by atoms with Gasteiger partial charge in [0.2, 0.25) is 10.0 Å². The van der Waals surface area contributed by atoms with Crippen LogP contribution in [0.25, 0.3) is 11.0 Å². The van der Waals surface area contributed by atoms with Crippen molar-refractivity contribution in [3.05, 3.63) is 30.1 Å².